The van der Waals surface area contributed by atoms with E-state index < -0.39 is 0 Å². The normalized spacial score (nSPS) is 24.9. The second-order valence-electron chi connectivity index (χ2n) is 5.70. The average molecular weight is 201 g/mol. The summed E-state index contributed by atoms with van der Waals surface area (Å²) in [7, 11) is 0. The molecule has 2 aliphatic carbocycles. The van der Waals surface area contributed by atoms with Crippen molar-refractivity contribution in [1.29, 1.82) is 5.26 Å². The molecule has 0 spiro atoms. The molecule has 0 aromatic rings. The molecule has 2 aliphatic rings. The van der Waals surface area contributed by atoms with Crippen LogP contribution in [0.3, 0.4) is 0 Å². The fraction of sp³-hybridized carbons (Fsp3) is 0.643. The summed E-state index contributed by atoms with van der Waals surface area (Å²) in [6, 6.07) is 2.41. The molecule has 0 bridgehead atoms. The van der Waals surface area contributed by atoms with Crippen molar-refractivity contribution in [2.75, 3.05) is 0 Å². The van der Waals surface area contributed by atoms with Gasteiger partial charge in [-0.2, -0.15) is 5.26 Å². The minimum Gasteiger partial charge on any atom is -0.193 e. The van der Waals surface area contributed by atoms with Crippen LogP contribution in [0.5, 0.6) is 0 Å². The Balaban J connectivity index is 2.51. The van der Waals surface area contributed by atoms with Crippen LogP contribution in [0.1, 0.15) is 52.9 Å². The molecule has 0 aromatic heterocycles. The number of hydrogen-bond donors (Lipinski definition) is 0. The van der Waals surface area contributed by atoms with E-state index in [2.05, 4.69) is 26.8 Å². The standard InChI is InChI=1S/C14H19N/c1-10-7-14(2,3)8-13-11(9-15)5-4-6-12(10)13/h4-8H2,1-3H3. The molecule has 1 heteroatoms. The first-order chi connectivity index (χ1) is 7.03. The summed E-state index contributed by atoms with van der Waals surface area (Å²) in [4.78, 5) is 0. The van der Waals surface area contributed by atoms with E-state index in [0.717, 1.165) is 18.4 Å². The van der Waals surface area contributed by atoms with Crippen LogP contribution in [0.4, 0.5) is 0 Å². The lowest BCUT2D eigenvalue weighted by Gasteiger charge is -2.36. The highest BCUT2D eigenvalue weighted by Crippen LogP contribution is 2.46. The van der Waals surface area contributed by atoms with Crippen LogP contribution in [0.15, 0.2) is 22.3 Å². The van der Waals surface area contributed by atoms with Crippen molar-refractivity contribution in [3.63, 3.8) is 0 Å². The maximum Gasteiger partial charge on any atom is 0.0950 e. The Morgan fingerprint density at radius 1 is 1.13 bits per heavy atom. The monoisotopic (exact) mass is 201 g/mol. The summed E-state index contributed by atoms with van der Waals surface area (Å²) < 4.78 is 0. The Labute approximate surface area is 92.5 Å². The van der Waals surface area contributed by atoms with Gasteiger partial charge in [0.15, 0.2) is 0 Å². The molecule has 80 valence electrons. The minimum absolute atomic E-state index is 0.350. The lowest BCUT2D eigenvalue weighted by atomic mass is 9.68. The molecule has 0 aliphatic heterocycles. The van der Waals surface area contributed by atoms with Gasteiger partial charge in [0.25, 0.3) is 0 Å². The Morgan fingerprint density at radius 2 is 1.87 bits per heavy atom. The number of rotatable bonds is 0. The molecule has 0 amide bonds. The maximum absolute atomic E-state index is 9.16. The molecular weight excluding hydrogens is 182 g/mol. The van der Waals surface area contributed by atoms with Crippen LogP contribution >= 0.6 is 0 Å². The Kier molecular flexibility index (Phi) is 2.46. The molecule has 0 radical (unpaired) electrons. The van der Waals surface area contributed by atoms with Crippen LogP contribution in [0.2, 0.25) is 0 Å². The largest absolute Gasteiger partial charge is 0.193 e. The second kappa shape index (κ2) is 3.52. The highest BCUT2D eigenvalue weighted by Gasteiger charge is 2.31. The summed E-state index contributed by atoms with van der Waals surface area (Å²) in [5.41, 5.74) is 5.83. The summed E-state index contributed by atoms with van der Waals surface area (Å²) in [6.45, 7) is 6.87. The first kappa shape index (κ1) is 10.5. The summed E-state index contributed by atoms with van der Waals surface area (Å²) >= 11 is 0. The lowest BCUT2D eigenvalue weighted by molar-refractivity contribution is 0.341. The molecule has 0 fully saturated rings. The molecule has 2 rings (SSSR count). The zero-order valence-electron chi connectivity index (χ0n) is 9.98. The number of fused-ring (bicyclic) bond motifs is 1. The van der Waals surface area contributed by atoms with E-state index in [0.29, 0.717) is 5.41 Å². The predicted molar refractivity (Wildman–Crippen MR) is 62.2 cm³/mol. The van der Waals surface area contributed by atoms with Gasteiger partial charge >= 0.3 is 0 Å². The quantitative estimate of drug-likeness (QED) is 0.578. The van der Waals surface area contributed by atoms with Gasteiger partial charge < -0.3 is 0 Å². The van der Waals surface area contributed by atoms with Crippen LogP contribution in [-0.4, -0.2) is 0 Å². The van der Waals surface area contributed by atoms with Crippen molar-refractivity contribution < 1.29 is 0 Å². The van der Waals surface area contributed by atoms with Crippen molar-refractivity contribution in [1.82, 2.24) is 0 Å². The summed E-state index contributed by atoms with van der Waals surface area (Å²) in [5.74, 6) is 0. The van der Waals surface area contributed by atoms with Crippen LogP contribution in [-0.2, 0) is 0 Å². The van der Waals surface area contributed by atoms with E-state index in [-0.39, 0.29) is 0 Å². The zero-order valence-corrected chi connectivity index (χ0v) is 9.98. The summed E-state index contributed by atoms with van der Waals surface area (Å²) in [6.07, 6.45) is 5.66. The molecule has 15 heavy (non-hydrogen) atoms. The lowest BCUT2D eigenvalue weighted by Crippen LogP contribution is -2.22. The smallest absolute Gasteiger partial charge is 0.0950 e. The van der Waals surface area contributed by atoms with Crippen LogP contribution in [0.25, 0.3) is 0 Å². The van der Waals surface area contributed by atoms with Gasteiger partial charge in [-0.25, -0.2) is 0 Å². The van der Waals surface area contributed by atoms with E-state index in [1.54, 1.807) is 0 Å². The van der Waals surface area contributed by atoms with Crippen LogP contribution in [0, 0.1) is 16.7 Å². The third kappa shape index (κ3) is 1.86. The van der Waals surface area contributed by atoms with Gasteiger partial charge in [0.05, 0.1) is 6.07 Å². The Hall–Kier alpha value is -1.03. The molecule has 0 saturated carbocycles. The third-order valence-electron chi connectivity index (χ3n) is 3.63. The molecular formula is C14H19N. The fourth-order valence-corrected chi connectivity index (χ4v) is 3.10. The van der Waals surface area contributed by atoms with Gasteiger partial charge in [0.2, 0.25) is 0 Å². The van der Waals surface area contributed by atoms with Crippen molar-refractivity contribution >= 4 is 0 Å². The second-order valence-corrected chi connectivity index (χ2v) is 5.70. The van der Waals surface area contributed by atoms with Gasteiger partial charge in [-0.3, -0.25) is 0 Å². The highest BCUT2D eigenvalue weighted by molar-refractivity contribution is 5.48. The van der Waals surface area contributed by atoms with E-state index in [1.165, 1.54) is 36.0 Å². The van der Waals surface area contributed by atoms with Gasteiger partial charge in [-0.1, -0.05) is 19.4 Å². The SMILES string of the molecule is CC1=C2CCCC(C#N)=C2CC(C)(C)C1. The first-order valence-corrected chi connectivity index (χ1v) is 5.84. The third-order valence-corrected chi connectivity index (χ3v) is 3.63. The van der Waals surface area contributed by atoms with Gasteiger partial charge in [-0.05, 0) is 55.6 Å². The first-order valence-electron chi connectivity index (χ1n) is 5.84. The van der Waals surface area contributed by atoms with Gasteiger partial charge in [0, 0.05) is 5.57 Å². The fourth-order valence-electron chi connectivity index (χ4n) is 3.10. The van der Waals surface area contributed by atoms with E-state index in [9.17, 15) is 0 Å². The van der Waals surface area contributed by atoms with Crippen molar-refractivity contribution in [3.05, 3.63) is 22.3 Å². The van der Waals surface area contributed by atoms with Crippen molar-refractivity contribution in [3.8, 4) is 6.07 Å². The Bertz CT molecular complexity index is 388. The minimum atomic E-state index is 0.350. The number of nitrogens with zero attached hydrogens (tertiary/aromatic N) is 1. The van der Waals surface area contributed by atoms with Gasteiger partial charge in [0.1, 0.15) is 0 Å². The molecule has 0 aromatic carbocycles. The number of hydrogen-bond acceptors (Lipinski definition) is 1. The molecule has 0 heterocycles. The van der Waals surface area contributed by atoms with E-state index >= 15 is 0 Å². The average Bonchev–Trinajstić information content (AvgIpc) is 2.15. The number of nitriles is 1. The van der Waals surface area contributed by atoms with Crippen molar-refractivity contribution in [2.24, 2.45) is 5.41 Å². The van der Waals surface area contributed by atoms with E-state index in [1.807, 2.05) is 0 Å². The molecule has 0 N–H and O–H groups in total. The van der Waals surface area contributed by atoms with Crippen LogP contribution < -0.4 is 0 Å². The predicted octanol–water partition coefficient (Wildman–Crippen LogP) is 4.13. The molecule has 0 atom stereocenters. The van der Waals surface area contributed by atoms with Gasteiger partial charge in [-0.15, -0.1) is 0 Å². The van der Waals surface area contributed by atoms with E-state index in [4.69, 9.17) is 5.26 Å². The molecule has 0 unspecified atom stereocenters. The topological polar surface area (TPSA) is 23.8 Å². The summed E-state index contributed by atoms with van der Waals surface area (Å²) in [5, 5.41) is 9.16. The maximum atomic E-state index is 9.16. The highest BCUT2D eigenvalue weighted by atomic mass is 14.4. The zero-order chi connectivity index (χ0) is 11.1. The van der Waals surface area contributed by atoms with Crippen molar-refractivity contribution in [2.45, 2.75) is 52.9 Å². The molecule has 0 saturated heterocycles. The number of allylic oxidation sites excluding steroid dienone is 4. The molecule has 1 nitrogen and oxygen atoms in total. The Morgan fingerprint density at radius 3 is 2.53 bits per heavy atom.